The van der Waals surface area contributed by atoms with Crippen LogP contribution in [0.15, 0.2) is 46.0 Å². The lowest BCUT2D eigenvalue weighted by Gasteiger charge is -2.44. The second-order valence-electron chi connectivity index (χ2n) is 11.8. The zero-order valence-electron chi connectivity index (χ0n) is 22.2. The van der Waals surface area contributed by atoms with Crippen LogP contribution in [-0.4, -0.2) is 45.2 Å². The van der Waals surface area contributed by atoms with Crippen molar-refractivity contribution in [1.29, 1.82) is 0 Å². The molecule has 0 spiro atoms. The Hall–Kier alpha value is -1.89. The van der Waals surface area contributed by atoms with Crippen molar-refractivity contribution < 1.29 is 29.6 Å². The number of carbonyl (C=O) groups is 1. The lowest BCUT2D eigenvalue weighted by atomic mass is 9.75. The van der Waals surface area contributed by atoms with Gasteiger partial charge in [-0.15, -0.1) is 0 Å². The van der Waals surface area contributed by atoms with E-state index in [1.165, 1.54) is 5.57 Å². The summed E-state index contributed by atoms with van der Waals surface area (Å²) in [4.78, 5) is 13.0. The minimum Gasteiger partial charge on any atom is -0.504 e. The molecule has 0 aromatic rings. The van der Waals surface area contributed by atoms with Gasteiger partial charge < -0.3 is 24.8 Å². The molecule has 9 atom stereocenters. The lowest BCUT2D eigenvalue weighted by molar-refractivity contribution is -0.164. The summed E-state index contributed by atoms with van der Waals surface area (Å²) in [5.74, 6) is -2.16. The second kappa shape index (κ2) is 9.53. The van der Waals surface area contributed by atoms with E-state index >= 15 is 0 Å². The highest BCUT2D eigenvalue weighted by molar-refractivity contribution is 6.10. The first kappa shape index (κ1) is 26.2. The Morgan fingerprint density at radius 2 is 1.74 bits per heavy atom. The van der Waals surface area contributed by atoms with Crippen LogP contribution in [0.3, 0.4) is 0 Å². The van der Waals surface area contributed by atoms with Gasteiger partial charge in [-0.3, -0.25) is 4.79 Å². The number of aliphatic hydroxyl groups is 3. The van der Waals surface area contributed by atoms with Crippen LogP contribution in [0.5, 0.6) is 0 Å². The Labute approximate surface area is 209 Å². The van der Waals surface area contributed by atoms with Crippen molar-refractivity contribution in [3.8, 4) is 0 Å². The molecule has 0 radical (unpaired) electrons. The smallest absolute Gasteiger partial charge is 0.231 e. The monoisotopic (exact) mass is 486 g/mol. The molecule has 0 unspecified atom stereocenters. The number of allylic oxidation sites excluding steroid dienone is 4. The number of rotatable bonds is 0. The minimum atomic E-state index is -1.60. The summed E-state index contributed by atoms with van der Waals surface area (Å²) in [5, 5.41) is 33.8. The first-order valence-electron chi connectivity index (χ1n) is 13.2. The number of carbonyl (C=O) groups excluding carboxylic acids is 1. The largest absolute Gasteiger partial charge is 0.504 e. The van der Waals surface area contributed by atoms with E-state index in [-0.39, 0.29) is 35.2 Å². The van der Waals surface area contributed by atoms with Crippen LogP contribution in [0, 0.1) is 29.6 Å². The molecule has 6 nitrogen and oxygen atoms in total. The molecule has 1 saturated heterocycles. The van der Waals surface area contributed by atoms with Crippen LogP contribution in [0.25, 0.3) is 0 Å². The molecule has 3 N–H and O–H groups in total. The fraction of sp³-hybridized carbons (Fsp3) is 0.690. The third kappa shape index (κ3) is 4.65. The zero-order valence-corrected chi connectivity index (χ0v) is 22.2. The molecule has 0 saturated carbocycles. The maximum Gasteiger partial charge on any atom is 0.231 e. The summed E-state index contributed by atoms with van der Waals surface area (Å²) in [7, 11) is 0. The molecular formula is C29H42O6. The molecule has 4 bridgehead atoms. The highest BCUT2D eigenvalue weighted by atomic mass is 16.6. The molecule has 4 aliphatic rings. The normalized spacial score (nSPS) is 43.1. The average Bonchev–Trinajstić information content (AvgIpc) is 3.14. The number of ketones is 1. The van der Waals surface area contributed by atoms with Gasteiger partial charge in [-0.2, -0.15) is 0 Å². The van der Waals surface area contributed by atoms with Crippen LogP contribution in [0.4, 0.5) is 0 Å². The summed E-state index contributed by atoms with van der Waals surface area (Å²) in [6, 6.07) is 0. The second-order valence-corrected chi connectivity index (χ2v) is 11.8. The van der Waals surface area contributed by atoms with Gasteiger partial charge in [0.2, 0.25) is 11.6 Å². The predicted molar refractivity (Wildman–Crippen MR) is 134 cm³/mol. The topological polar surface area (TPSA) is 96.2 Å². The van der Waals surface area contributed by atoms with Gasteiger partial charge in [-0.25, -0.2) is 0 Å². The molecule has 6 heteroatoms. The van der Waals surface area contributed by atoms with E-state index in [2.05, 4.69) is 26.8 Å². The molecular weight excluding hydrogens is 444 g/mol. The molecule has 3 heterocycles. The van der Waals surface area contributed by atoms with E-state index in [1.807, 2.05) is 20.8 Å². The number of ether oxygens (including phenoxy) is 2. The molecule has 35 heavy (non-hydrogen) atoms. The standard InChI is InChI=1S/C29H42O6/c1-14-8-9-22-18(5)24(30)19(6)28(34-22)23-21-13-29(33,17(4)12-16(3)11-15(2)10-14)35-27(21)20(7)25(31)26(23)32/h10,13-14,16-19,22,24,28,30,32-33H,8-9,11-12H2,1-7H3/t14-,16+,17-,18-,19+,22+,24-,28+,29+/m0/s1. The van der Waals surface area contributed by atoms with Gasteiger partial charge in [0.05, 0.1) is 18.3 Å². The van der Waals surface area contributed by atoms with Crippen molar-refractivity contribution in [2.75, 3.05) is 0 Å². The van der Waals surface area contributed by atoms with Crippen LogP contribution < -0.4 is 0 Å². The first-order chi connectivity index (χ1) is 16.3. The number of hydrogen-bond donors (Lipinski definition) is 3. The van der Waals surface area contributed by atoms with Crippen molar-refractivity contribution in [2.24, 2.45) is 29.6 Å². The minimum absolute atomic E-state index is 0.0815. The van der Waals surface area contributed by atoms with Crippen LogP contribution in [0.1, 0.15) is 74.1 Å². The van der Waals surface area contributed by atoms with Crippen molar-refractivity contribution in [2.45, 2.75) is 98.2 Å². The zero-order chi connectivity index (χ0) is 25.8. The fourth-order valence-corrected chi connectivity index (χ4v) is 6.51. The van der Waals surface area contributed by atoms with Crippen molar-refractivity contribution in [1.82, 2.24) is 0 Å². The van der Waals surface area contributed by atoms with Gasteiger partial charge in [0, 0.05) is 34.5 Å². The van der Waals surface area contributed by atoms with Gasteiger partial charge in [-0.1, -0.05) is 46.3 Å². The van der Waals surface area contributed by atoms with Gasteiger partial charge >= 0.3 is 0 Å². The molecule has 194 valence electrons. The summed E-state index contributed by atoms with van der Waals surface area (Å²) in [6.07, 6.45) is 5.76. The van der Waals surface area contributed by atoms with Crippen LogP contribution in [-0.2, 0) is 14.3 Å². The van der Waals surface area contributed by atoms with Gasteiger partial charge in [0.25, 0.3) is 0 Å². The Morgan fingerprint density at radius 1 is 1.06 bits per heavy atom. The Kier molecular flexibility index (Phi) is 7.13. The number of aliphatic hydroxyl groups excluding tert-OH is 2. The molecule has 0 amide bonds. The highest BCUT2D eigenvalue weighted by Gasteiger charge is 2.51. The van der Waals surface area contributed by atoms with E-state index in [9.17, 15) is 20.1 Å². The molecule has 1 fully saturated rings. The van der Waals surface area contributed by atoms with Gasteiger partial charge in [0.1, 0.15) is 5.76 Å². The SMILES string of the molecule is CC1=C[C@@H](C)CC[C@H]2O[C@@H](C3=C(O)C(=O)C(C)=C4O[C@](O)(C=C43)[C@@H](C)C[C@H](C)C1)[C@H](C)[C@@H](O)[C@H]2C. The fourth-order valence-electron chi connectivity index (χ4n) is 6.51. The molecule has 3 aliphatic heterocycles. The Bertz CT molecular complexity index is 1000. The highest BCUT2D eigenvalue weighted by Crippen LogP contribution is 2.49. The number of hydrogen-bond acceptors (Lipinski definition) is 6. The van der Waals surface area contributed by atoms with Crippen molar-refractivity contribution >= 4 is 5.78 Å². The summed E-state index contributed by atoms with van der Waals surface area (Å²) in [6.45, 7) is 14.0. The third-order valence-corrected chi connectivity index (χ3v) is 8.66. The molecule has 0 aromatic heterocycles. The quantitative estimate of drug-likeness (QED) is 0.411. The molecule has 1 aliphatic carbocycles. The first-order valence-corrected chi connectivity index (χ1v) is 13.2. The molecule has 4 rings (SSSR count). The van der Waals surface area contributed by atoms with E-state index in [4.69, 9.17) is 9.47 Å². The summed E-state index contributed by atoms with van der Waals surface area (Å²) in [5.41, 5.74) is 2.44. The summed E-state index contributed by atoms with van der Waals surface area (Å²) < 4.78 is 12.7. The average molecular weight is 487 g/mol. The maximum absolute atomic E-state index is 13.0. The molecule has 0 aromatic carbocycles. The van der Waals surface area contributed by atoms with Gasteiger partial charge in [-0.05, 0) is 57.4 Å². The van der Waals surface area contributed by atoms with Crippen LogP contribution >= 0.6 is 0 Å². The third-order valence-electron chi connectivity index (χ3n) is 8.66. The summed E-state index contributed by atoms with van der Waals surface area (Å²) >= 11 is 0. The number of fused-ring (bicyclic) bond motifs is 4. The predicted octanol–water partition coefficient (Wildman–Crippen LogP) is 5.13. The lowest BCUT2D eigenvalue weighted by Crippen LogP contribution is -2.50. The van der Waals surface area contributed by atoms with Gasteiger partial charge in [0.15, 0.2) is 5.76 Å². The van der Waals surface area contributed by atoms with E-state index in [0.717, 1.165) is 25.7 Å². The van der Waals surface area contributed by atoms with Crippen LogP contribution in [0.2, 0.25) is 0 Å². The number of Topliss-reactive ketones (excluding diaryl/α,β-unsaturated/α-hetero) is 1. The van der Waals surface area contributed by atoms with E-state index in [1.54, 1.807) is 13.0 Å². The van der Waals surface area contributed by atoms with E-state index < -0.39 is 23.8 Å². The van der Waals surface area contributed by atoms with Crippen molar-refractivity contribution in [3.63, 3.8) is 0 Å². The Morgan fingerprint density at radius 3 is 2.43 bits per heavy atom. The van der Waals surface area contributed by atoms with E-state index in [0.29, 0.717) is 28.7 Å². The maximum atomic E-state index is 13.0. The Balaban J connectivity index is 1.83. The van der Waals surface area contributed by atoms with Crippen molar-refractivity contribution in [3.05, 3.63) is 46.0 Å².